The Balaban J connectivity index is 1.19. The molecule has 1 saturated heterocycles. The van der Waals surface area contributed by atoms with Crippen LogP contribution in [0.4, 0.5) is 0 Å². The molecule has 2 heterocycles. The highest BCUT2D eigenvalue weighted by Crippen LogP contribution is 2.34. The van der Waals surface area contributed by atoms with Gasteiger partial charge in [-0.25, -0.2) is 4.79 Å². The number of aliphatic hydroxyl groups excluding tert-OH is 1. The van der Waals surface area contributed by atoms with Crippen LogP contribution in [0.1, 0.15) is 45.8 Å². The van der Waals surface area contributed by atoms with Gasteiger partial charge < -0.3 is 19.3 Å². The van der Waals surface area contributed by atoms with E-state index in [9.17, 15) is 14.7 Å². The van der Waals surface area contributed by atoms with Gasteiger partial charge in [-0.05, 0) is 67.5 Å². The normalized spacial score (nSPS) is 20.6. The molecule has 1 aliphatic heterocycles. The number of hydrogen-bond donors (Lipinski definition) is 1. The Bertz CT molecular complexity index is 1020. The van der Waals surface area contributed by atoms with Crippen LogP contribution < -0.4 is 4.74 Å². The average Bonchev–Trinajstić information content (AvgIpc) is 3.50. The Kier molecular flexibility index (Phi) is 10.2. The van der Waals surface area contributed by atoms with Crippen LogP contribution in [0.5, 0.6) is 5.75 Å². The molecule has 0 bridgehead atoms. The van der Waals surface area contributed by atoms with Crippen molar-refractivity contribution in [3.05, 3.63) is 50.7 Å². The van der Waals surface area contributed by atoms with Crippen molar-refractivity contribution in [2.24, 2.45) is 11.8 Å². The second-order valence-electron chi connectivity index (χ2n) is 9.38. The maximum absolute atomic E-state index is 12.5. The van der Waals surface area contributed by atoms with Gasteiger partial charge in [0.25, 0.3) is 0 Å². The predicted molar refractivity (Wildman–Crippen MR) is 139 cm³/mol. The number of aliphatic hydroxyl groups is 1. The molecule has 1 aromatic heterocycles. The van der Waals surface area contributed by atoms with E-state index in [1.54, 1.807) is 18.2 Å². The van der Waals surface area contributed by atoms with Crippen LogP contribution in [0.15, 0.2) is 30.3 Å². The number of benzene rings is 1. The van der Waals surface area contributed by atoms with E-state index in [1.165, 1.54) is 11.3 Å². The van der Waals surface area contributed by atoms with Gasteiger partial charge in [0, 0.05) is 36.0 Å². The summed E-state index contributed by atoms with van der Waals surface area (Å²) in [4.78, 5) is 28.9. The Morgan fingerprint density at radius 2 is 2.06 bits per heavy atom. The third-order valence-corrected chi connectivity index (χ3v) is 8.24. The molecule has 0 unspecified atom stereocenters. The second kappa shape index (κ2) is 13.5. The van der Waals surface area contributed by atoms with Gasteiger partial charge >= 0.3 is 5.97 Å². The van der Waals surface area contributed by atoms with Gasteiger partial charge in [-0.3, -0.25) is 9.69 Å². The highest BCUT2D eigenvalue weighted by molar-refractivity contribution is 7.13. The standard InChI is InChI=1S/C27H34ClNO6S/c28-21-14-19(17-30)15-22(16-21)35-18-24-20(4-6-25(24)31)2-1-3-23-5-7-26(36-23)27(32)34-13-10-29-8-11-33-12-9-29/h5,7,14-16,20,24,30H,1-4,6,8-13,17-18H2/t20-,24+/m0/s1. The molecule has 1 saturated carbocycles. The first-order valence-corrected chi connectivity index (χ1v) is 13.8. The van der Waals surface area contributed by atoms with Gasteiger partial charge in [-0.15, -0.1) is 11.3 Å². The average molecular weight is 536 g/mol. The molecule has 0 spiro atoms. The fourth-order valence-corrected chi connectivity index (χ4v) is 6.05. The van der Waals surface area contributed by atoms with Crippen LogP contribution in [0, 0.1) is 11.8 Å². The molecule has 0 radical (unpaired) electrons. The van der Waals surface area contributed by atoms with Gasteiger partial charge in [-0.2, -0.15) is 0 Å². The number of halogens is 1. The summed E-state index contributed by atoms with van der Waals surface area (Å²) in [6, 6.07) is 9.00. The van der Waals surface area contributed by atoms with Crippen molar-refractivity contribution in [2.75, 3.05) is 46.1 Å². The molecule has 1 N–H and O–H groups in total. The zero-order chi connectivity index (χ0) is 25.3. The molecule has 9 heteroatoms. The van der Waals surface area contributed by atoms with E-state index in [0.717, 1.165) is 63.4 Å². The minimum Gasteiger partial charge on any atom is -0.493 e. The van der Waals surface area contributed by atoms with Crippen LogP contribution in [0.25, 0.3) is 0 Å². The highest BCUT2D eigenvalue weighted by atomic mass is 35.5. The maximum Gasteiger partial charge on any atom is 0.348 e. The smallest absolute Gasteiger partial charge is 0.348 e. The Morgan fingerprint density at radius 1 is 1.22 bits per heavy atom. The molecule has 36 heavy (non-hydrogen) atoms. The summed E-state index contributed by atoms with van der Waals surface area (Å²) in [5.41, 5.74) is 0.683. The fourth-order valence-electron chi connectivity index (χ4n) is 4.86. The van der Waals surface area contributed by atoms with Crippen molar-refractivity contribution < 1.29 is 28.9 Å². The summed E-state index contributed by atoms with van der Waals surface area (Å²) < 4.78 is 16.7. The minimum atomic E-state index is -0.261. The lowest BCUT2D eigenvalue weighted by Gasteiger charge is -2.26. The van der Waals surface area contributed by atoms with Crippen LogP contribution in [-0.4, -0.2) is 67.8 Å². The van der Waals surface area contributed by atoms with Crippen LogP contribution in [0.3, 0.4) is 0 Å². The van der Waals surface area contributed by atoms with Gasteiger partial charge in [0.1, 0.15) is 23.0 Å². The number of ketones is 1. The van der Waals surface area contributed by atoms with Crippen molar-refractivity contribution in [3.8, 4) is 5.75 Å². The largest absolute Gasteiger partial charge is 0.493 e. The molecule has 2 aromatic rings. The van der Waals surface area contributed by atoms with E-state index < -0.39 is 0 Å². The molecule has 0 amide bonds. The summed E-state index contributed by atoms with van der Waals surface area (Å²) in [6.45, 7) is 4.57. The molecule has 1 aromatic carbocycles. The van der Waals surface area contributed by atoms with E-state index in [-0.39, 0.29) is 24.3 Å². The van der Waals surface area contributed by atoms with Crippen LogP contribution >= 0.6 is 22.9 Å². The number of carbonyl (C=O) groups excluding carboxylic acids is 2. The van der Waals surface area contributed by atoms with Gasteiger partial charge in [0.15, 0.2) is 0 Å². The zero-order valence-electron chi connectivity index (χ0n) is 20.5. The van der Waals surface area contributed by atoms with Crippen molar-refractivity contribution >= 4 is 34.7 Å². The fraction of sp³-hybridized carbons (Fsp3) is 0.556. The van der Waals surface area contributed by atoms with Gasteiger partial charge in [0.05, 0.1) is 32.3 Å². The topological polar surface area (TPSA) is 85.3 Å². The van der Waals surface area contributed by atoms with Crippen molar-refractivity contribution in [2.45, 2.75) is 38.7 Å². The molecule has 1 aliphatic carbocycles. The minimum absolute atomic E-state index is 0.113. The second-order valence-corrected chi connectivity index (χ2v) is 11.0. The molecule has 2 fully saturated rings. The number of carbonyl (C=O) groups is 2. The summed E-state index contributed by atoms with van der Waals surface area (Å²) in [7, 11) is 0. The van der Waals surface area contributed by atoms with Crippen LogP contribution in [-0.2, 0) is 27.3 Å². The number of ether oxygens (including phenoxy) is 3. The van der Waals surface area contributed by atoms with E-state index in [1.807, 2.05) is 12.1 Å². The number of nitrogens with zero attached hydrogens (tertiary/aromatic N) is 1. The lowest BCUT2D eigenvalue weighted by molar-refractivity contribution is -0.122. The first kappa shape index (κ1) is 27.1. The van der Waals surface area contributed by atoms with E-state index in [2.05, 4.69) is 4.90 Å². The number of hydrogen-bond acceptors (Lipinski definition) is 8. The monoisotopic (exact) mass is 535 g/mol. The summed E-state index contributed by atoms with van der Waals surface area (Å²) >= 11 is 7.59. The first-order chi connectivity index (χ1) is 17.5. The number of Topliss-reactive ketones (excluding diaryl/α,β-unsaturated/α-hetero) is 1. The summed E-state index contributed by atoms with van der Waals surface area (Å²) in [5, 5.41) is 9.86. The highest BCUT2D eigenvalue weighted by Gasteiger charge is 2.34. The molecule has 4 rings (SSSR count). The van der Waals surface area contributed by atoms with Crippen molar-refractivity contribution in [3.63, 3.8) is 0 Å². The maximum atomic E-state index is 12.5. The molecule has 196 valence electrons. The van der Waals surface area contributed by atoms with Crippen molar-refractivity contribution in [1.29, 1.82) is 0 Å². The number of morpholine rings is 1. The SMILES string of the molecule is O=C(OCCN1CCOCC1)c1ccc(CCC[C@H]2CCC(=O)[C@@H]2COc2cc(Cl)cc(CO)c2)s1. The third-order valence-electron chi connectivity index (χ3n) is 6.89. The number of rotatable bonds is 12. The first-order valence-electron chi connectivity index (χ1n) is 12.6. The Morgan fingerprint density at radius 3 is 2.86 bits per heavy atom. The lowest BCUT2D eigenvalue weighted by Crippen LogP contribution is -2.38. The lowest BCUT2D eigenvalue weighted by atomic mass is 9.91. The summed E-state index contributed by atoms with van der Waals surface area (Å²) in [5.74, 6) is 0.736. The predicted octanol–water partition coefficient (Wildman–Crippen LogP) is 4.38. The number of esters is 1. The molecule has 7 nitrogen and oxygen atoms in total. The number of aryl methyl sites for hydroxylation is 1. The quantitative estimate of drug-likeness (QED) is 0.404. The third kappa shape index (κ3) is 7.76. The molecular weight excluding hydrogens is 502 g/mol. The van der Waals surface area contributed by atoms with E-state index >= 15 is 0 Å². The van der Waals surface area contributed by atoms with Crippen molar-refractivity contribution in [1.82, 2.24) is 4.90 Å². The zero-order valence-corrected chi connectivity index (χ0v) is 22.0. The molecule has 2 aliphatic rings. The molecule has 2 atom stereocenters. The Labute approximate surface area is 221 Å². The number of thiophene rings is 1. The van der Waals surface area contributed by atoms with E-state index in [0.29, 0.717) is 46.8 Å². The summed E-state index contributed by atoms with van der Waals surface area (Å²) in [6.07, 6.45) is 4.24. The van der Waals surface area contributed by atoms with Crippen LogP contribution in [0.2, 0.25) is 5.02 Å². The van der Waals surface area contributed by atoms with Gasteiger partial charge in [0.2, 0.25) is 0 Å². The molecular formula is C27H34ClNO6S. The van der Waals surface area contributed by atoms with E-state index in [4.69, 9.17) is 25.8 Å². The Hall–Kier alpha value is -1.97. The van der Waals surface area contributed by atoms with Gasteiger partial charge in [-0.1, -0.05) is 11.6 Å².